The van der Waals surface area contributed by atoms with E-state index in [1.807, 2.05) is 35.2 Å². The Labute approximate surface area is 119 Å². The second kappa shape index (κ2) is 5.94. The lowest BCUT2D eigenvalue weighted by Crippen LogP contribution is -2.45. The molecule has 4 nitrogen and oxygen atoms in total. The van der Waals surface area contributed by atoms with E-state index in [2.05, 4.69) is 0 Å². The van der Waals surface area contributed by atoms with Gasteiger partial charge in [0, 0.05) is 13.2 Å². The van der Waals surface area contributed by atoms with Gasteiger partial charge in [-0.25, -0.2) is 0 Å². The molecule has 20 heavy (non-hydrogen) atoms. The molecular weight excluding hydrogens is 254 g/mol. The van der Waals surface area contributed by atoms with Gasteiger partial charge in [0.2, 0.25) is 0 Å². The Balaban J connectivity index is 1.71. The van der Waals surface area contributed by atoms with Gasteiger partial charge in [-0.1, -0.05) is 30.3 Å². The average molecular weight is 275 g/mol. The molecule has 3 rings (SSSR count). The highest BCUT2D eigenvalue weighted by Crippen LogP contribution is 2.25. The molecule has 0 aliphatic carbocycles. The third-order valence-corrected chi connectivity index (χ3v) is 4.29. The van der Waals surface area contributed by atoms with Crippen LogP contribution in [0.4, 0.5) is 0 Å². The highest BCUT2D eigenvalue weighted by Gasteiger charge is 2.39. The number of aliphatic hydroxyl groups excluding tert-OH is 1. The predicted molar refractivity (Wildman–Crippen MR) is 75.2 cm³/mol. The minimum Gasteiger partial charge on any atom is -0.391 e. The van der Waals surface area contributed by atoms with E-state index < -0.39 is 6.10 Å². The van der Waals surface area contributed by atoms with Crippen LogP contribution < -0.4 is 0 Å². The molecule has 3 atom stereocenters. The fourth-order valence-corrected chi connectivity index (χ4v) is 3.17. The summed E-state index contributed by atoms with van der Waals surface area (Å²) in [6.45, 7) is 1.31. The lowest BCUT2D eigenvalue weighted by atomic mass is 10.0. The van der Waals surface area contributed by atoms with Gasteiger partial charge in [-0.15, -0.1) is 0 Å². The smallest absolute Gasteiger partial charge is 0.252 e. The van der Waals surface area contributed by atoms with Crippen LogP contribution in [-0.4, -0.2) is 47.3 Å². The topological polar surface area (TPSA) is 49.8 Å². The molecule has 4 heteroatoms. The fourth-order valence-electron chi connectivity index (χ4n) is 3.17. The molecular formula is C16H21NO3. The Morgan fingerprint density at radius 1 is 1.30 bits per heavy atom. The van der Waals surface area contributed by atoms with Gasteiger partial charge in [0.25, 0.3) is 5.91 Å². The van der Waals surface area contributed by atoms with Crippen LogP contribution in [-0.2, 0) is 16.0 Å². The number of nitrogens with zero attached hydrogens (tertiary/aromatic N) is 1. The van der Waals surface area contributed by atoms with Crippen molar-refractivity contribution in [3.8, 4) is 0 Å². The van der Waals surface area contributed by atoms with Crippen molar-refractivity contribution in [2.45, 2.75) is 43.9 Å². The largest absolute Gasteiger partial charge is 0.391 e. The Bertz CT molecular complexity index is 456. The summed E-state index contributed by atoms with van der Waals surface area (Å²) in [5, 5.41) is 10.2. The van der Waals surface area contributed by atoms with Crippen molar-refractivity contribution in [1.82, 2.24) is 4.90 Å². The molecule has 2 saturated heterocycles. The summed E-state index contributed by atoms with van der Waals surface area (Å²) in [4.78, 5) is 14.3. The minimum absolute atomic E-state index is 0.0555. The number of aliphatic hydroxyl groups is 1. The van der Waals surface area contributed by atoms with Crippen LogP contribution in [0.1, 0.15) is 24.8 Å². The van der Waals surface area contributed by atoms with E-state index in [-0.39, 0.29) is 18.1 Å². The maximum Gasteiger partial charge on any atom is 0.252 e. The predicted octanol–water partition coefficient (Wildman–Crippen LogP) is 1.37. The maximum absolute atomic E-state index is 12.5. The van der Waals surface area contributed by atoms with E-state index in [9.17, 15) is 9.90 Å². The van der Waals surface area contributed by atoms with Crippen LogP contribution in [0.15, 0.2) is 30.3 Å². The molecule has 108 valence electrons. The van der Waals surface area contributed by atoms with Gasteiger partial charge in [-0.3, -0.25) is 4.79 Å². The van der Waals surface area contributed by atoms with Crippen LogP contribution in [0.5, 0.6) is 0 Å². The average Bonchev–Trinajstić information content (AvgIpc) is 3.11. The van der Waals surface area contributed by atoms with Crippen molar-refractivity contribution < 1.29 is 14.6 Å². The zero-order valence-corrected chi connectivity index (χ0v) is 11.6. The lowest BCUT2D eigenvalue weighted by molar-refractivity contribution is -0.142. The Hall–Kier alpha value is -1.39. The number of amides is 1. The van der Waals surface area contributed by atoms with Crippen molar-refractivity contribution >= 4 is 5.91 Å². The van der Waals surface area contributed by atoms with Gasteiger partial charge in [-0.05, 0) is 31.2 Å². The standard InChI is InChI=1S/C16H21NO3/c18-14-8-9-17(16(19)15-7-4-10-20-15)13(14)11-12-5-2-1-3-6-12/h1-3,5-6,13-15,18H,4,7-11H2/t13-,14+,15+/m0/s1. The number of carbonyl (C=O) groups is 1. The molecule has 0 radical (unpaired) electrons. The van der Waals surface area contributed by atoms with E-state index >= 15 is 0 Å². The minimum atomic E-state index is -0.430. The van der Waals surface area contributed by atoms with Gasteiger partial charge in [0.05, 0.1) is 12.1 Å². The monoisotopic (exact) mass is 275 g/mol. The van der Waals surface area contributed by atoms with E-state index in [1.54, 1.807) is 0 Å². The molecule has 1 N–H and O–H groups in total. The number of hydrogen-bond donors (Lipinski definition) is 1. The van der Waals surface area contributed by atoms with Gasteiger partial charge in [0.1, 0.15) is 6.10 Å². The first kappa shape index (κ1) is 13.6. The van der Waals surface area contributed by atoms with Crippen LogP contribution in [0.25, 0.3) is 0 Å². The zero-order valence-electron chi connectivity index (χ0n) is 11.6. The second-order valence-corrected chi connectivity index (χ2v) is 5.65. The van der Waals surface area contributed by atoms with Crippen molar-refractivity contribution in [2.24, 2.45) is 0 Å². The molecule has 0 aromatic heterocycles. The number of rotatable bonds is 3. The number of ether oxygens (including phenoxy) is 1. The number of hydrogen-bond acceptors (Lipinski definition) is 3. The van der Waals surface area contributed by atoms with Crippen LogP contribution >= 0.6 is 0 Å². The number of benzene rings is 1. The quantitative estimate of drug-likeness (QED) is 0.906. The molecule has 2 heterocycles. The molecule has 2 aliphatic rings. The fraction of sp³-hybridized carbons (Fsp3) is 0.562. The Morgan fingerprint density at radius 2 is 2.10 bits per heavy atom. The van der Waals surface area contributed by atoms with E-state index in [4.69, 9.17) is 4.74 Å². The van der Waals surface area contributed by atoms with Crippen LogP contribution in [0, 0.1) is 0 Å². The highest BCUT2D eigenvalue weighted by molar-refractivity contribution is 5.82. The lowest BCUT2D eigenvalue weighted by Gasteiger charge is -2.28. The number of likely N-dealkylation sites (tertiary alicyclic amines) is 1. The third-order valence-electron chi connectivity index (χ3n) is 4.29. The summed E-state index contributed by atoms with van der Waals surface area (Å²) in [5.41, 5.74) is 1.16. The van der Waals surface area contributed by atoms with Gasteiger partial charge in [-0.2, -0.15) is 0 Å². The first-order valence-electron chi connectivity index (χ1n) is 7.40. The Kier molecular flexibility index (Phi) is 4.03. The first-order valence-corrected chi connectivity index (χ1v) is 7.40. The third kappa shape index (κ3) is 2.72. The normalized spacial score (nSPS) is 29.9. The summed E-state index contributed by atoms with van der Waals surface area (Å²) >= 11 is 0. The molecule has 1 aromatic rings. The molecule has 1 amide bonds. The molecule has 0 unspecified atom stereocenters. The Morgan fingerprint density at radius 3 is 2.80 bits per heavy atom. The van der Waals surface area contributed by atoms with E-state index in [0.717, 1.165) is 18.4 Å². The van der Waals surface area contributed by atoms with Gasteiger partial charge >= 0.3 is 0 Å². The van der Waals surface area contributed by atoms with E-state index in [1.165, 1.54) is 0 Å². The molecule has 2 fully saturated rings. The summed E-state index contributed by atoms with van der Waals surface area (Å²) in [6, 6.07) is 9.92. The van der Waals surface area contributed by atoms with Crippen molar-refractivity contribution in [3.63, 3.8) is 0 Å². The van der Waals surface area contributed by atoms with E-state index in [0.29, 0.717) is 26.0 Å². The van der Waals surface area contributed by atoms with Gasteiger partial charge in [0.15, 0.2) is 0 Å². The molecule has 0 bridgehead atoms. The van der Waals surface area contributed by atoms with Crippen LogP contribution in [0.3, 0.4) is 0 Å². The zero-order chi connectivity index (χ0) is 13.9. The summed E-state index contributed by atoms with van der Waals surface area (Å²) in [6.07, 6.45) is 2.41. The van der Waals surface area contributed by atoms with Crippen molar-refractivity contribution in [1.29, 1.82) is 0 Å². The van der Waals surface area contributed by atoms with Gasteiger partial charge < -0.3 is 14.7 Å². The second-order valence-electron chi connectivity index (χ2n) is 5.65. The molecule has 0 spiro atoms. The summed E-state index contributed by atoms with van der Waals surface area (Å²) < 4.78 is 5.49. The van der Waals surface area contributed by atoms with Crippen molar-refractivity contribution in [2.75, 3.05) is 13.2 Å². The highest BCUT2D eigenvalue weighted by atomic mass is 16.5. The number of carbonyl (C=O) groups excluding carboxylic acids is 1. The first-order chi connectivity index (χ1) is 9.75. The van der Waals surface area contributed by atoms with Crippen LogP contribution in [0.2, 0.25) is 0 Å². The van der Waals surface area contributed by atoms with Crippen molar-refractivity contribution in [3.05, 3.63) is 35.9 Å². The maximum atomic E-state index is 12.5. The molecule has 2 aliphatic heterocycles. The summed E-state index contributed by atoms with van der Waals surface area (Å²) in [7, 11) is 0. The molecule has 0 saturated carbocycles. The molecule has 1 aromatic carbocycles. The summed E-state index contributed by atoms with van der Waals surface area (Å²) in [5.74, 6) is 0.0555. The SMILES string of the molecule is O=C([C@H]1CCCO1)N1CC[C@@H](O)[C@@H]1Cc1ccccc1.